The molecule has 1 aliphatic heterocycles. The number of imide groups is 1. The summed E-state index contributed by atoms with van der Waals surface area (Å²) in [4.78, 5) is 31.8. The van der Waals surface area contributed by atoms with Crippen molar-refractivity contribution in [1.29, 1.82) is 0 Å². The third kappa shape index (κ3) is 2.56. The Morgan fingerprint density at radius 3 is 2.28 bits per heavy atom. The van der Waals surface area contributed by atoms with Crippen LogP contribution in [0.5, 0.6) is 0 Å². The highest BCUT2D eigenvalue weighted by molar-refractivity contribution is 6.27. The highest BCUT2D eigenvalue weighted by Gasteiger charge is 2.39. The number of hydrogen-bond donors (Lipinski definition) is 0. The average molecular weight is 382 g/mol. The maximum absolute atomic E-state index is 13.2. The summed E-state index contributed by atoms with van der Waals surface area (Å²) in [6, 6.07) is 19.3. The lowest BCUT2D eigenvalue weighted by molar-refractivity contribution is 0.0655. The Hall–Kier alpha value is -3.80. The lowest BCUT2D eigenvalue weighted by atomic mass is 10.0. The number of benzene rings is 2. The Morgan fingerprint density at radius 2 is 1.59 bits per heavy atom. The summed E-state index contributed by atoms with van der Waals surface area (Å²) in [7, 11) is 0. The molecule has 5 rings (SSSR count). The van der Waals surface area contributed by atoms with Crippen molar-refractivity contribution >= 4 is 22.8 Å². The van der Waals surface area contributed by atoms with Crippen LogP contribution >= 0.6 is 0 Å². The van der Waals surface area contributed by atoms with Crippen LogP contribution in [0, 0.1) is 0 Å². The molecule has 0 saturated carbocycles. The maximum atomic E-state index is 13.2. The molecule has 29 heavy (non-hydrogen) atoms. The first kappa shape index (κ1) is 17.3. The van der Waals surface area contributed by atoms with Crippen molar-refractivity contribution in [2.24, 2.45) is 0 Å². The van der Waals surface area contributed by atoms with Gasteiger partial charge in [-0.1, -0.05) is 55.5 Å². The zero-order chi connectivity index (χ0) is 20.0. The van der Waals surface area contributed by atoms with E-state index in [2.05, 4.69) is 4.98 Å². The topological polar surface area (TPSA) is 68.1 Å². The number of carbonyl (C=O) groups excluding carboxylic acids is 2. The van der Waals surface area contributed by atoms with Gasteiger partial charge in [0.1, 0.15) is 5.69 Å². The third-order valence-corrected chi connectivity index (χ3v) is 5.13. The van der Waals surface area contributed by atoms with Gasteiger partial charge in [-0.25, -0.2) is 9.67 Å². The summed E-state index contributed by atoms with van der Waals surface area (Å²) < 4.78 is 1.73. The van der Waals surface area contributed by atoms with E-state index >= 15 is 0 Å². The fraction of sp³-hybridized carbons (Fsp3) is 0.130. The summed E-state index contributed by atoms with van der Waals surface area (Å²) in [5, 5.41) is 5.43. The van der Waals surface area contributed by atoms with E-state index < -0.39 is 0 Å². The van der Waals surface area contributed by atoms with Crippen LogP contribution in [0.2, 0.25) is 0 Å². The van der Waals surface area contributed by atoms with Crippen molar-refractivity contribution in [2.45, 2.75) is 13.3 Å². The fourth-order valence-electron chi connectivity index (χ4n) is 3.81. The highest BCUT2D eigenvalue weighted by atomic mass is 16.2. The van der Waals surface area contributed by atoms with E-state index in [9.17, 15) is 9.59 Å². The summed E-state index contributed by atoms with van der Waals surface area (Å²) in [6.45, 7) is 2.33. The van der Waals surface area contributed by atoms with Crippen molar-refractivity contribution < 1.29 is 9.59 Å². The van der Waals surface area contributed by atoms with Gasteiger partial charge in [-0.3, -0.25) is 14.5 Å². The van der Waals surface area contributed by atoms with E-state index in [0.717, 1.165) is 11.3 Å². The van der Waals surface area contributed by atoms with Crippen LogP contribution in [0.4, 0.5) is 0 Å². The lowest BCUT2D eigenvalue weighted by Crippen LogP contribution is -2.30. The van der Waals surface area contributed by atoms with Crippen LogP contribution in [-0.2, 0) is 0 Å². The molecule has 2 aromatic carbocycles. The highest BCUT2D eigenvalue weighted by Crippen LogP contribution is 2.36. The average Bonchev–Trinajstić information content (AvgIpc) is 3.27. The maximum Gasteiger partial charge on any atom is 0.263 e. The van der Waals surface area contributed by atoms with Gasteiger partial charge in [0.05, 0.1) is 22.2 Å². The molecule has 6 heteroatoms. The lowest BCUT2D eigenvalue weighted by Gasteiger charge is -2.11. The van der Waals surface area contributed by atoms with Gasteiger partial charge in [0.2, 0.25) is 0 Å². The predicted molar refractivity (Wildman–Crippen MR) is 110 cm³/mol. The van der Waals surface area contributed by atoms with Crippen LogP contribution in [0.15, 0.2) is 66.9 Å². The van der Waals surface area contributed by atoms with Crippen LogP contribution in [0.1, 0.15) is 34.1 Å². The summed E-state index contributed by atoms with van der Waals surface area (Å²) in [6.07, 6.45) is 2.21. The van der Waals surface area contributed by atoms with Gasteiger partial charge in [0.15, 0.2) is 5.65 Å². The van der Waals surface area contributed by atoms with Gasteiger partial charge in [-0.2, -0.15) is 5.10 Å². The molecule has 0 N–H and O–H groups in total. The molecule has 0 saturated heterocycles. The van der Waals surface area contributed by atoms with E-state index in [-0.39, 0.29) is 11.8 Å². The fourth-order valence-corrected chi connectivity index (χ4v) is 3.81. The Bertz CT molecular complexity index is 1250. The molecule has 2 aromatic heterocycles. The molecule has 0 unspecified atom stereocenters. The molecule has 1 aliphatic rings. The molecule has 0 aliphatic carbocycles. The number of pyridine rings is 1. The SMILES string of the molecule is CCCN1C(=O)c2cnc3c(c(-c4ccccc4)nn3-c3ccccc3)c2C1=O. The molecule has 3 heterocycles. The number of para-hydroxylation sites is 1. The number of hydrogen-bond acceptors (Lipinski definition) is 4. The van der Waals surface area contributed by atoms with E-state index in [1.165, 1.54) is 11.1 Å². The van der Waals surface area contributed by atoms with Crippen LogP contribution in [0.25, 0.3) is 28.0 Å². The minimum atomic E-state index is -0.285. The number of amides is 2. The first-order valence-electron chi connectivity index (χ1n) is 9.59. The van der Waals surface area contributed by atoms with Crippen molar-refractivity contribution in [3.8, 4) is 16.9 Å². The first-order chi connectivity index (χ1) is 14.2. The second kappa shape index (κ2) is 6.67. The molecule has 0 bridgehead atoms. The molecular formula is C23H18N4O2. The minimum Gasteiger partial charge on any atom is -0.274 e. The Kier molecular flexibility index (Phi) is 3.98. The van der Waals surface area contributed by atoms with Crippen LogP contribution in [-0.4, -0.2) is 38.0 Å². The van der Waals surface area contributed by atoms with Gasteiger partial charge in [0, 0.05) is 18.3 Å². The largest absolute Gasteiger partial charge is 0.274 e. The molecule has 6 nitrogen and oxygen atoms in total. The second-order valence-electron chi connectivity index (χ2n) is 6.97. The Labute approximate surface area is 167 Å². The van der Waals surface area contributed by atoms with E-state index in [1.807, 2.05) is 67.6 Å². The van der Waals surface area contributed by atoms with Crippen LogP contribution < -0.4 is 0 Å². The molecule has 4 aromatic rings. The first-order valence-corrected chi connectivity index (χ1v) is 9.59. The molecule has 0 radical (unpaired) electrons. The van der Waals surface area contributed by atoms with E-state index in [4.69, 9.17) is 5.10 Å². The quantitative estimate of drug-likeness (QED) is 0.499. The third-order valence-electron chi connectivity index (χ3n) is 5.13. The van der Waals surface area contributed by atoms with E-state index in [0.29, 0.717) is 40.8 Å². The van der Waals surface area contributed by atoms with Gasteiger partial charge in [-0.05, 0) is 18.6 Å². The standard InChI is InChI=1S/C23H18N4O2/c1-2-13-26-22(28)17-14-24-21-19(18(17)23(26)29)20(15-9-5-3-6-10-15)25-27(21)16-11-7-4-8-12-16/h3-12,14H,2,13H2,1H3. The number of rotatable bonds is 4. The van der Waals surface area contributed by atoms with Gasteiger partial charge in [-0.15, -0.1) is 0 Å². The number of aromatic nitrogens is 3. The summed E-state index contributed by atoms with van der Waals surface area (Å²) in [5.41, 5.74) is 3.67. The van der Waals surface area contributed by atoms with Gasteiger partial charge < -0.3 is 0 Å². The minimum absolute atomic E-state index is 0.274. The monoisotopic (exact) mass is 382 g/mol. The van der Waals surface area contributed by atoms with Crippen LogP contribution in [0.3, 0.4) is 0 Å². The smallest absolute Gasteiger partial charge is 0.263 e. The second-order valence-corrected chi connectivity index (χ2v) is 6.97. The Morgan fingerprint density at radius 1 is 0.897 bits per heavy atom. The molecule has 0 fully saturated rings. The molecule has 0 spiro atoms. The number of fused-ring (bicyclic) bond motifs is 3. The number of carbonyl (C=O) groups is 2. The zero-order valence-corrected chi connectivity index (χ0v) is 15.9. The van der Waals surface area contributed by atoms with Crippen molar-refractivity contribution in [1.82, 2.24) is 19.7 Å². The van der Waals surface area contributed by atoms with Crippen molar-refractivity contribution in [2.75, 3.05) is 6.54 Å². The normalized spacial score (nSPS) is 13.3. The van der Waals surface area contributed by atoms with Crippen molar-refractivity contribution in [3.63, 3.8) is 0 Å². The summed E-state index contributed by atoms with van der Waals surface area (Å²) in [5.74, 6) is -0.559. The molecule has 0 atom stereocenters. The van der Waals surface area contributed by atoms with Gasteiger partial charge in [0.25, 0.3) is 11.8 Å². The molecular weight excluding hydrogens is 364 g/mol. The zero-order valence-electron chi connectivity index (χ0n) is 15.9. The number of nitrogens with zero attached hydrogens (tertiary/aromatic N) is 4. The predicted octanol–water partition coefficient (Wildman–Crippen LogP) is 4.09. The molecule has 2 amide bonds. The van der Waals surface area contributed by atoms with E-state index in [1.54, 1.807) is 4.68 Å². The molecule has 142 valence electrons. The van der Waals surface area contributed by atoms with Crippen molar-refractivity contribution in [3.05, 3.63) is 78.0 Å². The van der Waals surface area contributed by atoms with Gasteiger partial charge >= 0.3 is 0 Å². The Balaban J connectivity index is 1.85. The summed E-state index contributed by atoms with van der Waals surface area (Å²) >= 11 is 0.